The van der Waals surface area contributed by atoms with Gasteiger partial charge in [0.25, 0.3) is 5.91 Å². The SMILES string of the molecule is CN(C(=O)c1cccc(O)c1)C1CCC(N)CC1. The summed E-state index contributed by atoms with van der Waals surface area (Å²) in [6, 6.07) is 7.04. The summed E-state index contributed by atoms with van der Waals surface area (Å²) in [4.78, 5) is 14.0. The van der Waals surface area contributed by atoms with Crippen molar-refractivity contribution in [2.45, 2.75) is 37.8 Å². The highest BCUT2D eigenvalue weighted by Crippen LogP contribution is 2.23. The number of nitrogens with two attached hydrogens (primary N) is 1. The number of amides is 1. The lowest BCUT2D eigenvalue weighted by atomic mass is 9.90. The smallest absolute Gasteiger partial charge is 0.253 e. The molecule has 0 aromatic heterocycles. The summed E-state index contributed by atoms with van der Waals surface area (Å²) in [7, 11) is 1.83. The number of phenols is 1. The van der Waals surface area contributed by atoms with Gasteiger partial charge in [0.15, 0.2) is 0 Å². The average Bonchev–Trinajstić information content (AvgIpc) is 2.38. The molecule has 18 heavy (non-hydrogen) atoms. The molecule has 1 fully saturated rings. The first-order valence-electron chi connectivity index (χ1n) is 6.39. The second-order valence-electron chi connectivity index (χ2n) is 5.03. The Morgan fingerprint density at radius 1 is 1.33 bits per heavy atom. The van der Waals surface area contributed by atoms with Crippen LogP contribution in [0.4, 0.5) is 0 Å². The van der Waals surface area contributed by atoms with Crippen LogP contribution in [0.15, 0.2) is 24.3 Å². The first-order valence-corrected chi connectivity index (χ1v) is 6.39. The van der Waals surface area contributed by atoms with Crippen LogP contribution in [0, 0.1) is 0 Å². The van der Waals surface area contributed by atoms with Gasteiger partial charge in [-0.1, -0.05) is 6.07 Å². The van der Waals surface area contributed by atoms with Gasteiger partial charge in [-0.05, 0) is 43.9 Å². The molecule has 1 aromatic rings. The van der Waals surface area contributed by atoms with Crippen LogP contribution in [0.1, 0.15) is 36.0 Å². The van der Waals surface area contributed by atoms with E-state index in [2.05, 4.69) is 0 Å². The predicted octanol–water partition coefficient (Wildman–Crippen LogP) is 1.73. The van der Waals surface area contributed by atoms with Crippen molar-refractivity contribution in [2.75, 3.05) is 7.05 Å². The first-order chi connectivity index (χ1) is 8.58. The molecule has 0 spiro atoms. The fraction of sp³-hybridized carbons (Fsp3) is 0.500. The quantitative estimate of drug-likeness (QED) is 0.837. The number of hydrogen-bond acceptors (Lipinski definition) is 3. The molecule has 4 heteroatoms. The van der Waals surface area contributed by atoms with Crippen LogP contribution >= 0.6 is 0 Å². The van der Waals surface area contributed by atoms with Crippen molar-refractivity contribution in [1.29, 1.82) is 0 Å². The van der Waals surface area contributed by atoms with Crippen LogP contribution in [-0.4, -0.2) is 35.0 Å². The molecule has 0 atom stereocenters. The number of nitrogens with zero attached hydrogens (tertiary/aromatic N) is 1. The molecule has 0 radical (unpaired) electrons. The maximum Gasteiger partial charge on any atom is 0.253 e. The molecular formula is C14H20N2O2. The van der Waals surface area contributed by atoms with Crippen molar-refractivity contribution in [3.63, 3.8) is 0 Å². The molecular weight excluding hydrogens is 228 g/mol. The van der Waals surface area contributed by atoms with Crippen LogP contribution in [0.3, 0.4) is 0 Å². The van der Waals surface area contributed by atoms with Gasteiger partial charge >= 0.3 is 0 Å². The van der Waals surface area contributed by atoms with Crippen LogP contribution in [0.25, 0.3) is 0 Å². The molecule has 0 aliphatic heterocycles. The summed E-state index contributed by atoms with van der Waals surface area (Å²) in [6.07, 6.45) is 3.87. The van der Waals surface area contributed by atoms with Crippen LogP contribution in [-0.2, 0) is 0 Å². The Bertz CT molecular complexity index is 426. The van der Waals surface area contributed by atoms with E-state index in [1.54, 1.807) is 23.1 Å². The lowest BCUT2D eigenvalue weighted by Crippen LogP contribution is -2.41. The minimum absolute atomic E-state index is 0.0358. The number of phenolic OH excluding ortho intramolecular Hbond substituents is 1. The Balaban J connectivity index is 2.04. The summed E-state index contributed by atoms with van der Waals surface area (Å²) >= 11 is 0. The van der Waals surface area contributed by atoms with E-state index in [0.717, 1.165) is 25.7 Å². The van der Waals surface area contributed by atoms with Gasteiger partial charge < -0.3 is 15.7 Å². The third kappa shape index (κ3) is 2.82. The summed E-state index contributed by atoms with van der Waals surface area (Å²) in [5, 5.41) is 9.40. The normalized spacial score (nSPS) is 23.7. The Morgan fingerprint density at radius 2 is 2.00 bits per heavy atom. The second-order valence-corrected chi connectivity index (χ2v) is 5.03. The molecule has 1 aliphatic carbocycles. The zero-order valence-electron chi connectivity index (χ0n) is 10.7. The number of carbonyl (C=O) groups excluding carboxylic acids is 1. The summed E-state index contributed by atoms with van der Waals surface area (Å²) in [6.45, 7) is 0. The number of benzene rings is 1. The minimum Gasteiger partial charge on any atom is -0.508 e. The zero-order valence-corrected chi connectivity index (χ0v) is 10.7. The minimum atomic E-state index is -0.0358. The number of rotatable bonds is 2. The fourth-order valence-electron chi connectivity index (χ4n) is 2.50. The highest BCUT2D eigenvalue weighted by molar-refractivity contribution is 5.94. The molecule has 1 aliphatic rings. The van der Waals surface area contributed by atoms with Crippen molar-refractivity contribution >= 4 is 5.91 Å². The van der Waals surface area contributed by atoms with Gasteiger partial charge in [-0.3, -0.25) is 4.79 Å². The van der Waals surface area contributed by atoms with E-state index < -0.39 is 0 Å². The van der Waals surface area contributed by atoms with E-state index in [1.807, 2.05) is 7.05 Å². The van der Waals surface area contributed by atoms with E-state index in [0.29, 0.717) is 5.56 Å². The van der Waals surface area contributed by atoms with Gasteiger partial charge in [-0.2, -0.15) is 0 Å². The Hall–Kier alpha value is -1.55. The first kappa shape index (κ1) is 12.9. The van der Waals surface area contributed by atoms with E-state index in [4.69, 9.17) is 5.73 Å². The van der Waals surface area contributed by atoms with E-state index in [-0.39, 0.29) is 23.7 Å². The Labute approximate surface area is 107 Å². The molecule has 0 heterocycles. The fourth-order valence-corrected chi connectivity index (χ4v) is 2.50. The molecule has 3 N–H and O–H groups in total. The van der Waals surface area contributed by atoms with E-state index in [9.17, 15) is 9.90 Å². The topological polar surface area (TPSA) is 66.6 Å². The molecule has 98 valence electrons. The van der Waals surface area contributed by atoms with E-state index in [1.165, 1.54) is 6.07 Å². The highest BCUT2D eigenvalue weighted by atomic mass is 16.3. The van der Waals surface area contributed by atoms with Crippen molar-refractivity contribution in [3.05, 3.63) is 29.8 Å². The highest BCUT2D eigenvalue weighted by Gasteiger charge is 2.25. The summed E-state index contributed by atoms with van der Waals surface area (Å²) in [5.41, 5.74) is 6.40. The molecule has 4 nitrogen and oxygen atoms in total. The summed E-state index contributed by atoms with van der Waals surface area (Å²) in [5.74, 6) is 0.0892. The maximum atomic E-state index is 12.3. The number of hydrogen-bond donors (Lipinski definition) is 2. The van der Waals surface area contributed by atoms with Crippen molar-refractivity contribution in [1.82, 2.24) is 4.90 Å². The van der Waals surface area contributed by atoms with Gasteiger partial charge in [0.05, 0.1) is 0 Å². The third-order valence-electron chi connectivity index (χ3n) is 3.70. The molecule has 0 saturated heterocycles. The molecule has 0 unspecified atom stereocenters. The van der Waals surface area contributed by atoms with Crippen LogP contribution < -0.4 is 5.73 Å². The average molecular weight is 248 g/mol. The van der Waals surface area contributed by atoms with Gasteiger partial charge in [0.2, 0.25) is 0 Å². The van der Waals surface area contributed by atoms with Gasteiger partial charge in [0, 0.05) is 24.7 Å². The third-order valence-corrected chi connectivity index (χ3v) is 3.70. The van der Waals surface area contributed by atoms with Gasteiger partial charge in [-0.25, -0.2) is 0 Å². The zero-order chi connectivity index (χ0) is 13.1. The molecule has 1 saturated carbocycles. The lowest BCUT2D eigenvalue weighted by Gasteiger charge is -2.33. The Kier molecular flexibility index (Phi) is 3.87. The largest absolute Gasteiger partial charge is 0.508 e. The molecule has 0 bridgehead atoms. The number of carbonyl (C=O) groups is 1. The second kappa shape index (κ2) is 5.40. The maximum absolute atomic E-state index is 12.3. The van der Waals surface area contributed by atoms with Crippen molar-refractivity contribution in [2.24, 2.45) is 5.73 Å². The van der Waals surface area contributed by atoms with Crippen molar-refractivity contribution in [3.8, 4) is 5.75 Å². The van der Waals surface area contributed by atoms with Crippen LogP contribution in [0.5, 0.6) is 5.75 Å². The lowest BCUT2D eigenvalue weighted by molar-refractivity contribution is 0.0689. The monoisotopic (exact) mass is 248 g/mol. The Morgan fingerprint density at radius 3 is 2.61 bits per heavy atom. The molecule has 2 rings (SSSR count). The van der Waals surface area contributed by atoms with Gasteiger partial charge in [-0.15, -0.1) is 0 Å². The van der Waals surface area contributed by atoms with E-state index >= 15 is 0 Å². The molecule has 1 amide bonds. The number of aromatic hydroxyl groups is 1. The standard InChI is InChI=1S/C14H20N2O2/c1-16(12-7-5-11(15)6-8-12)14(18)10-3-2-4-13(17)9-10/h2-4,9,11-12,17H,5-8,15H2,1H3. The predicted molar refractivity (Wildman–Crippen MR) is 70.4 cm³/mol. The van der Waals surface area contributed by atoms with Crippen molar-refractivity contribution < 1.29 is 9.90 Å². The van der Waals surface area contributed by atoms with Gasteiger partial charge in [0.1, 0.15) is 5.75 Å². The van der Waals surface area contributed by atoms with Crippen LogP contribution in [0.2, 0.25) is 0 Å². The summed E-state index contributed by atoms with van der Waals surface area (Å²) < 4.78 is 0. The molecule has 1 aromatic carbocycles.